The smallest absolute Gasteiger partial charge is 0.355 e. The molecule has 0 aliphatic heterocycles. The van der Waals surface area contributed by atoms with Crippen molar-refractivity contribution in [3.8, 4) is 11.5 Å². The highest BCUT2D eigenvalue weighted by Gasteiger charge is 2.15. The molecule has 2 heterocycles. The van der Waals surface area contributed by atoms with Gasteiger partial charge in [0.05, 0.1) is 6.10 Å². The number of carbonyl (C=O) groups is 2. The number of anilines is 1. The molecule has 0 spiro atoms. The Bertz CT molecular complexity index is 1030. The minimum absolute atomic E-state index is 0.101. The first kappa shape index (κ1) is 20.3. The Morgan fingerprint density at radius 2 is 2.00 bits per heavy atom. The molecule has 3 aromatic rings. The molecular weight excluding hydrogens is 398 g/mol. The second-order valence-corrected chi connectivity index (χ2v) is 7.23. The summed E-state index contributed by atoms with van der Waals surface area (Å²) in [4.78, 5) is 27.4. The highest BCUT2D eigenvalue weighted by Crippen LogP contribution is 2.26. The third kappa shape index (κ3) is 5.55. The Kier molecular flexibility index (Phi) is 6.13. The Balaban J connectivity index is 1.79. The van der Waals surface area contributed by atoms with E-state index >= 15 is 0 Å². The van der Waals surface area contributed by atoms with Crippen LogP contribution in [-0.2, 0) is 6.61 Å². The minimum atomic E-state index is -1.16. The zero-order valence-electron chi connectivity index (χ0n) is 16.0. The lowest BCUT2D eigenvalue weighted by atomic mass is 10.2. The van der Waals surface area contributed by atoms with Crippen LogP contribution in [-0.4, -0.2) is 33.2 Å². The number of thiazole rings is 1. The van der Waals surface area contributed by atoms with Crippen LogP contribution >= 0.6 is 11.3 Å². The number of aromatic carboxylic acids is 1. The Morgan fingerprint density at radius 3 is 2.62 bits per heavy atom. The SMILES string of the molecule is Cc1cc(COc2cc(OC(C)C)cc(C(=O)Nc3nc(C(=O)O)cs3)c2)no1. The van der Waals surface area contributed by atoms with E-state index in [1.165, 1.54) is 5.38 Å². The fourth-order valence-electron chi connectivity index (χ4n) is 2.37. The van der Waals surface area contributed by atoms with Crippen LogP contribution in [0.25, 0.3) is 0 Å². The summed E-state index contributed by atoms with van der Waals surface area (Å²) in [5.41, 5.74) is 0.767. The van der Waals surface area contributed by atoms with Gasteiger partial charge in [-0.15, -0.1) is 11.3 Å². The van der Waals surface area contributed by atoms with Gasteiger partial charge in [0.25, 0.3) is 5.91 Å². The van der Waals surface area contributed by atoms with Gasteiger partial charge in [0.15, 0.2) is 10.8 Å². The lowest BCUT2D eigenvalue weighted by Gasteiger charge is -2.13. The monoisotopic (exact) mass is 417 g/mol. The first-order chi connectivity index (χ1) is 13.8. The van der Waals surface area contributed by atoms with Crippen LogP contribution in [0.2, 0.25) is 0 Å². The number of nitrogens with one attached hydrogen (secondary N) is 1. The van der Waals surface area contributed by atoms with Gasteiger partial charge in [0, 0.05) is 23.1 Å². The van der Waals surface area contributed by atoms with Crippen molar-refractivity contribution < 1.29 is 28.7 Å². The topological polar surface area (TPSA) is 124 Å². The van der Waals surface area contributed by atoms with Crippen LogP contribution in [0, 0.1) is 6.92 Å². The number of nitrogens with zero attached hydrogens (tertiary/aromatic N) is 2. The molecule has 0 aliphatic carbocycles. The highest BCUT2D eigenvalue weighted by atomic mass is 32.1. The van der Waals surface area contributed by atoms with E-state index in [4.69, 9.17) is 19.1 Å². The number of rotatable bonds is 8. The third-order valence-corrected chi connectivity index (χ3v) is 4.28. The molecule has 1 aromatic carbocycles. The van der Waals surface area contributed by atoms with Crippen molar-refractivity contribution in [1.82, 2.24) is 10.1 Å². The molecule has 29 heavy (non-hydrogen) atoms. The molecule has 2 N–H and O–H groups in total. The maximum atomic E-state index is 12.6. The normalized spacial score (nSPS) is 10.8. The van der Waals surface area contributed by atoms with Gasteiger partial charge >= 0.3 is 5.97 Å². The summed E-state index contributed by atoms with van der Waals surface area (Å²) in [6.45, 7) is 5.69. The summed E-state index contributed by atoms with van der Waals surface area (Å²) < 4.78 is 16.4. The number of amides is 1. The lowest BCUT2D eigenvalue weighted by Crippen LogP contribution is -2.13. The second kappa shape index (κ2) is 8.74. The fourth-order valence-corrected chi connectivity index (χ4v) is 3.05. The van der Waals surface area contributed by atoms with Crippen LogP contribution in [0.4, 0.5) is 5.13 Å². The van der Waals surface area contributed by atoms with Crippen molar-refractivity contribution in [3.63, 3.8) is 0 Å². The summed E-state index contributed by atoms with van der Waals surface area (Å²) in [5, 5.41) is 16.9. The van der Waals surface area contributed by atoms with Crippen LogP contribution in [0.1, 0.15) is 46.1 Å². The van der Waals surface area contributed by atoms with E-state index < -0.39 is 11.9 Å². The molecule has 9 nitrogen and oxygen atoms in total. The van der Waals surface area contributed by atoms with Crippen LogP contribution in [0.5, 0.6) is 11.5 Å². The van der Waals surface area contributed by atoms with E-state index in [-0.39, 0.29) is 29.1 Å². The number of carbonyl (C=O) groups excluding carboxylic acids is 1. The third-order valence-electron chi connectivity index (χ3n) is 3.52. The Hall–Kier alpha value is -3.40. The number of aryl methyl sites for hydroxylation is 1. The van der Waals surface area contributed by atoms with Crippen molar-refractivity contribution in [2.24, 2.45) is 0 Å². The average Bonchev–Trinajstić information content (AvgIpc) is 3.28. The number of carboxylic acid groups (broad SMARTS) is 1. The van der Waals surface area contributed by atoms with Crippen molar-refractivity contribution in [2.45, 2.75) is 33.5 Å². The van der Waals surface area contributed by atoms with Gasteiger partial charge in [-0.25, -0.2) is 9.78 Å². The molecule has 1 amide bonds. The zero-order chi connectivity index (χ0) is 21.0. The van der Waals surface area contributed by atoms with Gasteiger partial charge in [-0.3, -0.25) is 10.1 Å². The lowest BCUT2D eigenvalue weighted by molar-refractivity contribution is 0.0691. The number of benzene rings is 1. The predicted octanol–water partition coefficient (Wildman–Crippen LogP) is 3.76. The van der Waals surface area contributed by atoms with Gasteiger partial charge in [-0.1, -0.05) is 5.16 Å². The summed E-state index contributed by atoms with van der Waals surface area (Å²) in [6.07, 6.45) is -0.101. The molecule has 0 unspecified atom stereocenters. The van der Waals surface area contributed by atoms with Crippen LogP contribution in [0.15, 0.2) is 34.2 Å². The molecule has 0 aliphatic rings. The first-order valence-electron chi connectivity index (χ1n) is 8.67. The summed E-state index contributed by atoms with van der Waals surface area (Å²) in [6, 6.07) is 6.57. The van der Waals surface area contributed by atoms with Crippen molar-refractivity contribution in [1.29, 1.82) is 0 Å². The first-order valence-corrected chi connectivity index (χ1v) is 9.55. The summed E-state index contributed by atoms with van der Waals surface area (Å²) >= 11 is 1.02. The summed E-state index contributed by atoms with van der Waals surface area (Å²) in [7, 11) is 0. The van der Waals surface area contributed by atoms with Gasteiger partial charge < -0.3 is 19.1 Å². The van der Waals surface area contributed by atoms with Gasteiger partial charge in [0.1, 0.15) is 29.6 Å². The molecule has 0 radical (unpaired) electrons. The molecular formula is C19H19N3O6S. The molecule has 0 saturated heterocycles. The van der Waals surface area contributed by atoms with Gasteiger partial charge in [-0.05, 0) is 32.9 Å². The Labute approximate surface area is 170 Å². The average molecular weight is 417 g/mol. The minimum Gasteiger partial charge on any atom is -0.491 e. The predicted molar refractivity (Wildman–Crippen MR) is 105 cm³/mol. The van der Waals surface area contributed by atoms with E-state index in [2.05, 4.69) is 15.5 Å². The zero-order valence-corrected chi connectivity index (χ0v) is 16.8. The highest BCUT2D eigenvalue weighted by molar-refractivity contribution is 7.14. The van der Waals surface area contributed by atoms with Gasteiger partial charge in [-0.2, -0.15) is 0 Å². The molecule has 0 fully saturated rings. The molecule has 2 aromatic heterocycles. The Morgan fingerprint density at radius 1 is 1.24 bits per heavy atom. The van der Waals surface area contributed by atoms with E-state index in [1.807, 2.05) is 13.8 Å². The number of carboxylic acids is 1. The van der Waals surface area contributed by atoms with Crippen LogP contribution in [0.3, 0.4) is 0 Å². The van der Waals surface area contributed by atoms with E-state index in [0.29, 0.717) is 23.0 Å². The summed E-state index contributed by atoms with van der Waals surface area (Å²) in [5.74, 6) is -0.0751. The number of ether oxygens (including phenoxy) is 2. The number of hydrogen-bond donors (Lipinski definition) is 2. The maximum Gasteiger partial charge on any atom is 0.355 e. The van der Waals surface area contributed by atoms with E-state index in [9.17, 15) is 9.59 Å². The molecule has 152 valence electrons. The molecule has 10 heteroatoms. The maximum absolute atomic E-state index is 12.6. The molecule has 3 rings (SSSR count). The van der Waals surface area contributed by atoms with Crippen molar-refractivity contribution in [3.05, 3.63) is 52.4 Å². The van der Waals surface area contributed by atoms with Crippen molar-refractivity contribution >= 4 is 28.3 Å². The number of hydrogen-bond acceptors (Lipinski definition) is 8. The largest absolute Gasteiger partial charge is 0.491 e. The van der Waals surface area contributed by atoms with E-state index in [1.54, 1.807) is 31.2 Å². The quantitative estimate of drug-likeness (QED) is 0.568. The number of aromatic nitrogens is 2. The molecule has 0 bridgehead atoms. The molecule has 0 atom stereocenters. The second-order valence-electron chi connectivity index (χ2n) is 6.37. The van der Waals surface area contributed by atoms with Crippen LogP contribution < -0.4 is 14.8 Å². The van der Waals surface area contributed by atoms with Crippen molar-refractivity contribution in [2.75, 3.05) is 5.32 Å². The molecule has 0 saturated carbocycles. The van der Waals surface area contributed by atoms with Gasteiger partial charge in [0.2, 0.25) is 0 Å². The van der Waals surface area contributed by atoms with E-state index in [0.717, 1.165) is 11.3 Å². The standard InChI is InChI=1S/C19H19N3O6S/c1-10(2)27-15-6-12(17(23)21-19-20-16(9-29-19)18(24)25)5-14(7-15)26-8-13-4-11(3)28-22-13/h4-7,9-10H,8H2,1-3H3,(H,24,25)(H,20,21,23). The fraction of sp³-hybridized carbons (Fsp3) is 0.263.